The molecule has 1 saturated carbocycles. The van der Waals surface area contributed by atoms with E-state index in [-0.39, 0.29) is 0 Å². The van der Waals surface area contributed by atoms with Gasteiger partial charge in [-0.1, -0.05) is 0 Å². The van der Waals surface area contributed by atoms with Crippen LogP contribution >= 0.6 is 0 Å². The van der Waals surface area contributed by atoms with Crippen LogP contribution in [0.1, 0.15) is 72.6 Å². The van der Waals surface area contributed by atoms with Crippen LogP contribution in [0.15, 0.2) is 20.3 Å². The van der Waals surface area contributed by atoms with Gasteiger partial charge in [-0.2, -0.15) is 0 Å². The monoisotopic (exact) mass is 368 g/mol. The Morgan fingerprint density at radius 2 is 1.47 bits per heavy atom. The number of hydrogen-bond acceptors (Lipinski definition) is 1. The molecule has 2 aliphatic rings. The molecule has 0 bridgehead atoms. The molecule has 0 spiro atoms. The summed E-state index contributed by atoms with van der Waals surface area (Å²) in [6, 6.07) is 0.843. The van der Waals surface area contributed by atoms with Crippen LogP contribution in [-0.2, 0) is 0 Å². The van der Waals surface area contributed by atoms with E-state index in [2.05, 4.69) is 31.2 Å². The van der Waals surface area contributed by atoms with Crippen molar-refractivity contribution in [3.63, 3.8) is 0 Å². The van der Waals surface area contributed by atoms with Crippen LogP contribution in [0.2, 0.25) is 0 Å². The van der Waals surface area contributed by atoms with Gasteiger partial charge in [0, 0.05) is 0 Å². The molecule has 1 radical (unpaired) electrons. The standard InChI is InChI=1S/C9H13.C8H16N.Sn.H/c1-6-5-7(2)9(4)8(6)3;9-8-6-4-2-1-3-5-7-8;;/h6H,1-4H3;8-9H,1-7H2;;/q;-1;+1;. The molecule has 0 aromatic carbocycles. The molecular formula is C17H30NSn. The summed E-state index contributed by atoms with van der Waals surface area (Å²) < 4.78 is 5.86. The van der Waals surface area contributed by atoms with Gasteiger partial charge in [-0.3, -0.25) is 0 Å². The van der Waals surface area contributed by atoms with E-state index >= 15 is 0 Å². The van der Waals surface area contributed by atoms with Crippen LogP contribution in [-0.4, -0.2) is 27.5 Å². The molecule has 19 heavy (non-hydrogen) atoms. The first kappa shape index (κ1) is 15.6. The summed E-state index contributed by atoms with van der Waals surface area (Å²) in [5.74, 6) is 0.738. The second-order valence-corrected chi connectivity index (χ2v) is 10.0. The summed E-state index contributed by atoms with van der Waals surface area (Å²) in [5, 5.41) is 0. The quantitative estimate of drug-likeness (QED) is 0.734. The Kier molecular flexibility index (Phi) is 6.01. The first-order chi connectivity index (χ1) is 9.11. The van der Waals surface area contributed by atoms with Gasteiger partial charge in [0.15, 0.2) is 0 Å². The molecule has 0 aromatic heterocycles. The summed E-state index contributed by atoms with van der Waals surface area (Å²) in [7, 11) is 0. The normalized spacial score (nSPS) is 26.8. The summed E-state index contributed by atoms with van der Waals surface area (Å²) >= 11 is -0.754. The van der Waals surface area contributed by atoms with Crippen LogP contribution < -0.4 is 3.54 Å². The Hall–Kier alpha value is 0.239. The van der Waals surface area contributed by atoms with E-state index in [1.54, 1.807) is 16.7 Å². The molecule has 1 nitrogen and oxygen atoms in total. The van der Waals surface area contributed by atoms with Crippen LogP contribution in [0, 0.1) is 5.92 Å². The molecular weight excluding hydrogens is 337 g/mol. The minimum atomic E-state index is -0.754. The average molecular weight is 367 g/mol. The van der Waals surface area contributed by atoms with Crippen molar-refractivity contribution in [1.29, 1.82) is 0 Å². The second kappa shape index (κ2) is 7.31. The molecule has 2 heteroatoms. The number of nitrogens with one attached hydrogen (secondary N) is 1. The molecule has 2 rings (SSSR count). The first-order valence-corrected chi connectivity index (χ1v) is 11.4. The van der Waals surface area contributed by atoms with Gasteiger partial charge in [-0.15, -0.1) is 0 Å². The molecule has 0 aromatic rings. The van der Waals surface area contributed by atoms with Gasteiger partial charge in [-0.25, -0.2) is 0 Å². The Bertz CT molecular complexity index is 373. The van der Waals surface area contributed by atoms with Gasteiger partial charge in [0.05, 0.1) is 0 Å². The van der Waals surface area contributed by atoms with Crippen molar-refractivity contribution in [3.05, 3.63) is 20.3 Å². The molecule has 1 fully saturated rings. The van der Waals surface area contributed by atoms with Crippen LogP contribution in [0.25, 0.3) is 0 Å². The summed E-state index contributed by atoms with van der Waals surface area (Å²) in [4.78, 5) is 0. The number of allylic oxidation sites excluding steroid dienone is 4. The van der Waals surface area contributed by atoms with Gasteiger partial charge in [-0.05, 0) is 0 Å². The van der Waals surface area contributed by atoms with Gasteiger partial charge in [0.2, 0.25) is 0 Å². The van der Waals surface area contributed by atoms with Crippen molar-refractivity contribution in [2.45, 2.75) is 78.7 Å². The molecule has 1 N–H and O–H groups in total. The maximum absolute atomic E-state index is 4.04. The van der Waals surface area contributed by atoms with Crippen molar-refractivity contribution in [1.82, 2.24) is 3.54 Å². The zero-order valence-electron chi connectivity index (χ0n) is 13.2. The van der Waals surface area contributed by atoms with Gasteiger partial charge in [0.25, 0.3) is 0 Å². The third kappa shape index (κ3) is 3.87. The van der Waals surface area contributed by atoms with E-state index in [9.17, 15) is 0 Å². The average Bonchev–Trinajstić information content (AvgIpc) is 2.54. The zero-order chi connectivity index (χ0) is 13.8. The number of hydrogen-bond donors (Lipinski definition) is 1. The SMILES string of the molecule is CC1=C(C)C(C)[C]([SnH][NH]C2CCCCCCC2)=C1C. The van der Waals surface area contributed by atoms with Crippen LogP contribution in [0.4, 0.5) is 0 Å². The Morgan fingerprint density at radius 3 is 2.00 bits per heavy atom. The number of rotatable bonds is 3. The molecule has 0 saturated heterocycles. The Labute approximate surface area is 129 Å². The topological polar surface area (TPSA) is 12.0 Å². The fourth-order valence-electron chi connectivity index (χ4n) is 3.46. The van der Waals surface area contributed by atoms with Gasteiger partial charge >= 0.3 is 130 Å². The van der Waals surface area contributed by atoms with Crippen molar-refractivity contribution >= 4 is 21.4 Å². The molecule has 1 unspecified atom stereocenters. The predicted molar refractivity (Wildman–Crippen MR) is 86.6 cm³/mol. The van der Waals surface area contributed by atoms with Crippen molar-refractivity contribution < 1.29 is 0 Å². The zero-order valence-corrected chi connectivity index (χ0v) is 16.5. The fourth-order valence-corrected chi connectivity index (χ4v) is 8.26. The summed E-state index contributed by atoms with van der Waals surface area (Å²) in [6.45, 7) is 9.40. The molecule has 1 atom stereocenters. The third-order valence-electron chi connectivity index (χ3n) is 5.28. The van der Waals surface area contributed by atoms with E-state index in [0.717, 1.165) is 12.0 Å². The Balaban J connectivity index is 1.88. The van der Waals surface area contributed by atoms with Gasteiger partial charge < -0.3 is 0 Å². The summed E-state index contributed by atoms with van der Waals surface area (Å²) in [5.41, 5.74) is 4.83. The van der Waals surface area contributed by atoms with Crippen molar-refractivity contribution in [3.8, 4) is 0 Å². The summed E-state index contributed by atoms with van der Waals surface area (Å²) in [6.07, 6.45) is 10.1. The molecule has 107 valence electrons. The van der Waals surface area contributed by atoms with Crippen molar-refractivity contribution in [2.75, 3.05) is 0 Å². The maximum atomic E-state index is 4.04. The fraction of sp³-hybridized carbons (Fsp3) is 0.765. The predicted octanol–water partition coefficient (Wildman–Crippen LogP) is 4.30. The van der Waals surface area contributed by atoms with E-state index < -0.39 is 21.4 Å². The van der Waals surface area contributed by atoms with Crippen LogP contribution in [0.3, 0.4) is 0 Å². The van der Waals surface area contributed by atoms with E-state index in [1.165, 1.54) is 44.9 Å². The molecule has 0 aliphatic heterocycles. The first-order valence-electron chi connectivity index (χ1n) is 8.09. The molecule has 0 heterocycles. The molecule has 0 amide bonds. The second-order valence-electron chi connectivity index (χ2n) is 6.46. The van der Waals surface area contributed by atoms with Gasteiger partial charge in [0.1, 0.15) is 0 Å². The molecule has 2 aliphatic carbocycles. The van der Waals surface area contributed by atoms with Crippen LogP contribution in [0.5, 0.6) is 0 Å². The third-order valence-corrected chi connectivity index (χ3v) is 10.7. The Morgan fingerprint density at radius 1 is 0.895 bits per heavy atom. The van der Waals surface area contributed by atoms with Crippen molar-refractivity contribution in [2.24, 2.45) is 5.92 Å². The van der Waals surface area contributed by atoms with E-state index in [1.807, 2.05) is 3.59 Å². The minimum absolute atomic E-state index is 0.738. The van der Waals surface area contributed by atoms with E-state index in [4.69, 9.17) is 0 Å². The van der Waals surface area contributed by atoms with E-state index in [0.29, 0.717) is 0 Å².